The molecule has 4 heteroatoms. The van der Waals surface area contributed by atoms with Crippen LogP contribution >= 0.6 is 0 Å². The van der Waals surface area contributed by atoms with Crippen LogP contribution in [0, 0.1) is 0 Å². The Morgan fingerprint density at radius 2 is 1.65 bits per heavy atom. The van der Waals surface area contributed by atoms with Crippen molar-refractivity contribution in [3.8, 4) is 0 Å². The molecule has 0 fully saturated rings. The van der Waals surface area contributed by atoms with Crippen molar-refractivity contribution >= 4 is 11.9 Å². The first kappa shape index (κ1) is 18.4. The molecule has 0 aromatic carbocycles. The zero-order valence-electron chi connectivity index (χ0n) is 12.7. The Kier molecular flexibility index (Phi) is 11.5. The van der Waals surface area contributed by atoms with Gasteiger partial charge in [-0.15, -0.1) is 0 Å². The van der Waals surface area contributed by atoms with E-state index in [1.165, 1.54) is 32.1 Å². The molecule has 0 aromatic heterocycles. The van der Waals surface area contributed by atoms with E-state index in [1.54, 1.807) is 6.92 Å². The summed E-state index contributed by atoms with van der Waals surface area (Å²) in [6, 6.07) is 0. The third kappa shape index (κ3) is 10.4. The van der Waals surface area contributed by atoms with Gasteiger partial charge < -0.3 is 9.47 Å². The number of hydrogen-bond donors (Lipinski definition) is 0. The standard InChI is InChI=1S/C16H26O4/c1-4-6-7-8-9-10-11-12-19-16(18)14(3)13-20-15(17)5-2/h5,13H,2,4,6-12H2,1,3H3. The summed E-state index contributed by atoms with van der Waals surface area (Å²) in [5.74, 6) is -1.04. The van der Waals surface area contributed by atoms with Gasteiger partial charge in [-0.25, -0.2) is 9.59 Å². The fourth-order valence-corrected chi connectivity index (χ4v) is 1.58. The summed E-state index contributed by atoms with van der Waals surface area (Å²) < 4.78 is 9.71. The molecular formula is C16H26O4. The highest BCUT2D eigenvalue weighted by Gasteiger charge is 2.06. The van der Waals surface area contributed by atoms with E-state index in [0.29, 0.717) is 6.61 Å². The summed E-state index contributed by atoms with van der Waals surface area (Å²) in [6.45, 7) is 7.41. The van der Waals surface area contributed by atoms with Crippen LogP contribution in [0.5, 0.6) is 0 Å². The van der Waals surface area contributed by atoms with Gasteiger partial charge in [0.25, 0.3) is 0 Å². The van der Waals surface area contributed by atoms with Crippen molar-refractivity contribution in [2.45, 2.75) is 58.8 Å². The van der Waals surface area contributed by atoms with Gasteiger partial charge in [0.15, 0.2) is 0 Å². The van der Waals surface area contributed by atoms with Crippen molar-refractivity contribution in [3.63, 3.8) is 0 Å². The third-order valence-electron chi connectivity index (χ3n) is 2.82. The molecule has 0 radical (unpaired) electrons. The Morgan fingerprint density at radius 3 is 2.25 bits per heavy atom. The van der Waals surface area contributed by atoms with Crippen molar-refractivity contribution in [1.82, 2.24) is 0 Å². The van der Waals surface area contributed by atoms with Crippen LogP contribution in [0.25, 0.3) is 0 Å². The van der Waals surface area contributed by atoms with Crippen molar-refractivity contribution in [2.75, 3.05) is 6.61 Å². The largest absolute Gasteiger partial charge is 0.462 e. The molecule has 0 heterocycles. The number of carbonyl (C=O) groups is 2. The Balaban J connectivity index is 3.62. The summed E-state index contributed by atoms with van der Waals surface area (Å²) in [4.78, 5) is 22.3. The van der Waals surface area contributed by atoms with Crippen molar-refractivity contribution in [3.05, 3.63) is 24.5 Å². The molecule has 0 saturated carbocycles. The lowest BCUT2D eigenvalue weighted by atomic mass is 10.1. The third-order valence-corrected chi connectivity index (χ3v) is 2.82. The van der Waals surface area contributed by atoms with E-state index < -0.39 is 11.9 Å². The van der Waals surface area contributed by atoms with Gasteiger partial charge >= 0.3 is 11.9 Å². The molecule has 0 bridgehead atoms. The number of ether oxygens (including phenoxy) is 2. The first-order valence-electron chi connectivity index (χ1n) is 7.28. The van der Waals surface area contributed by atoms with E-state index >= 15 is 0 Å². The smallest absolute Gasteiger partial charge is 0.336 e. The highest BCUT2D eigenvalue weighted by Crippen LogP contribution is 2.07. The van der Waals surface area contributed by atoms with E-state index in [4.69, 9.17) is 4.74 Å². The van der Waals surface area contributed by atoms with Crippen LogP contribution in [-0.4, -0.2) is 18.5 Å². The lowest BCUT2D eigenvalue weighted by Crippen LogP contribution is -2.08. The topological polar surface area (TPSA) is 52.6 Å². The van der Waals surface area contributed by atoms with Crippen LogP contribution in [0.3, 0.4) is 0 Å². The Bertz CT molecular complexity index is 331. The van der Waals surface area contributed by atoms with E-state index in [-0.39, 0.29) is 5.57 Å². The first-order chi connectivity index (χ1) is 9.61. The van der Waals surface area contributed by atoms with E-state index in [9.17, 15) is 9.59 Å². The van der Waals surface area contributed by atoms with Crippen molar-refractivity contribution in [1.29, 1.82) is 0 Å². The molecule has 0 aromatic rings. The molecule has 0 aliphatic carbocycles. The molecular weight excluding hydrogens is 256 g/mol. The van der Waals surface area contributed by atoms with Gasteiger partial charge in [0.2, 0.25) is 0 Å². The van der Waals surface area contributed by atoms with E-state index in [0.717, 1.165) is 25.2 Å². The number of rotatable bonds is 11. The minimum absolute atomic E-state index is 0.267. The second-order valence-corrected chi connectivity index (χ2v) is 4.70. The fraction of sp³-hybridized carbons (Fsp3) is 0.625. The normalized spacial score (nSPS) is 11.0. The summed E-state index contributed by atoms with van der Waals surface area (Å²) >= 11 is 0. The average Bonchev–Trinajstić information content (AvgIpc) is 2.46. The summed E-state index contributed by atoms with van der Waals surface area (Å²) in [5.41, 5.74) is 0.267. The highest BCUT2D eigenvalue weighted by molar-refractivity contribution is 5.88. The van der Waals surface area contributed by atoms with Gasteiger partial charge in [-0.1, -0.05) is 52.0 Å². The van der Waals surface area contributed by atoms with Crippen molar-refractivity contribution < 1.29 is 19.1 Å². The molecule has 0 saturated heterocycles. The molecule has 114 valence electrons. The molecule has 0 N–H and O–H groups in total. The van der Waals surface area contributed by atoms with Gasteiger partial charge in [0, 0.05) is 6.08 Å². The Morgan fingerprint density at radius 1 is 1.05 bits per heavy atom. The van der Waals surface area contributed by atoms with Crippen molar-refractivity contribution in [2.24, 2.45) is 0 Å². The van der Waals surface area contributed by atoms with E-state index in [2.05, 4.69) is 18.2 Å². The first-order valence-corrected chi connectivity index (χ1v) is 7.28. The highest BCUT2D eigenvalue weighted by atomic mass is 16.5. The summed E-state index contributed by atoms with van der Waals surface area (Å²) in [6.07, 6.45) is 10.3. The molecule has 0 unspecified atom stereocenters. The molecule has 0 spiro atoms. The lowest BCUT2D eigenvalue weighted by molar-refractivity contribution is -0.139. The molecule has 0 aliphatic rings. The number of unbranched alkanes of at least 4 members (excludes halogenated alkanes) is 6. The summed E-state index contributed by atoms with van der Waals surface area (Å²) in [5, 5.41) is 0. The van der Waals surface area contributed by atoms with Gasteiger partial charge in [0.05, 0.1) is 12.2 Å². The Labute approximate surface area is 121 Å². The van der Waals surface area contributed by atoms with Gasteiger partial charge in [-0.05, 0) is 13.3 Å². The second kappa shape index (κ2) is 12.5. The SMILES string of the molecule is C=CC(=O)OC=C(C)C(=O)OCCCCCCCCC. The number of hydrogen-bond acceptors (Lipinski definition) is 4. The molecule has 4 nitrogen and oxygen atoms in total. The van der Waals surface area contributed by atoms with Crippen LogP contribution in [-0.2, 0) is 19.1 Å². The summed E-state index contributed by atoms with van der Waals surface area (Å²) in [7, 11) is 0. The minimum Gasteiger partial charge on any atom is -0.462 e. The Hall–Kier alpha value is -1.58. The predicted molar refractivity (Wildman–Crippen MR) is 79.0 cm³/mol. The molecule has 0 atom stereocenters. The predicted octanol–water partition coefficient (Wildman–Crippen LogP) is 3.91. The maximum absolute atomic E-state index is 11.5. The van der Waals surface area contributed by atoms with Crippen LogP contribution in [0.4, 0.5) is 0 Å². The zero-order valence-corrected chi connectivity index (χ0v) is 12.7. The van der Waals surface area contributed by atoms with Gasteiger partial charge in [-0.3, -0.25) is 0 Å². The molecule has 20 heavy (non-hydrogen) atoms. The van der Waals surface area contributed by atoms with Gasteiger partial charge in [-0.2, -0.15) is 0 Å². The monoisotopic (exact) mass is 282 g/mol. The second-order valence-electron chi connectivity index (χ2n) is 4.70. The quantitative estimate of drug-likeness (QED) is 0.249. The maximum atomic E-state index is 11.5. The number of esters is 2. The fourth-order valence-electron chi connectivity index (χ4n) is 1.58. The maximum Gasteiger partial charge on any atom is 0.336 e. The minimum atomic E-state index is -0.593. The van der Waals surface area contributed by atoms with E-state index in [1.807, 2.05) is 0 Å². The van der Waals surface area contributed by atoms with Crippen LogP contribution in [0.15, 0.2) is 24.5 Å². The van der Waals surface area contributed by atoms with Crippen LogP contribution in [0.2, 0.25) is 0 Å². The lowest BCUT2D eigenvalue weighted by Gasteiger charge is -2.05. The number of carbonyl (C=O) groups excluding carboxylic acids is 2. The zero-order chi connectivity index (χ0) is 15.2. The molecule has 0 rings (SSSR count). The molecule has 0 amide bonds. The van der Waals surface area contributed by atoms with Crippen LogP contribution < -0.4 is 0 Å². The van der Waals surface area contributed by atoms with Crippen LogP contribution in [0.1, 0.15) is 58.8 Å². The average molecular weight is 282 g/mol. The molecule has 0 aliphatic heterocycles. The van der Waals surface area contributed by atoms with Gasteiger partial charge in [0.1, 0.15) is 6.26 Å².